The van der Waals surface area contributed by atoms with E-state index in [4.69, 9.17) is 0 Å². The molecule has 1 aliphatic heterocycles. The van der Waals surface area contributed by atoms with Gasteiger partial charge in [-0.25, -0.2) is 9.59 Å². The highest BCUT2D eigenvalue weighted by molar-refractivity contribution is 5.75. The van der Waals surface area contributed by atoms with E-state index < -0.39 is 54.0 Å². The minimum Gasteiger partial charge on any atom is -0.387 e. The fourth-order valence-electron chi connectivity index (χ4n) is 1.91. The van der Waals surface area contributed by atoms with Crippen LogP contribution in [0, 0.1) is 0 Å². The van der Waals surface area contributed by atoms with Crippen LogP contribution in [-0.2, 0) is 9.53 Å². The molecule has 2 rings (SSSR count). The maximum Gasteiger partial charge on any atom is 0.364 e. The van der Waals surface area contributed by atoms with E-state index in [2.05, 4.69) is 9.57 Å². The smallest absolute Gasteiger partial charge is 0.364 e. The normalized spacial score (nSPS) is 30.0. The van der Waals surface area contributed by atoms with Crippen LogP contribution in [-0.4, -0.2) is 78.0 Å². The molecule has 1 aliphatic rings. The summed E-state index contributed by atoms with van der Waals surface area (Å²) in [4.78, 5) is 40.1. The van der Waals surface area contributed by atoms with Gasteiger partial charge in [0.05, 0.1) is 6.20 Å². The first-order chi connectivity index (χ1) is 10.7. The molecule has 2 heterocycles. The maximum absolute atomic E-state index is 11.7. The summed E-state index contributed by atoms with van der Waals surface area (Å²) < 4.78 is 4.93. The average molecular weight is 334 g/mol. The van der Waals surface area contributed by atoms with Gasteiger partial charge >= 0.3 is 11.7 Å². The molecule has 0 radical (unpaired) electrons. The second kappa shape index (κ2) is 6.57. The molecule has 12 nitrogen and oxygen atoms in total. The lowest BCUT2D eigenvalue weighted by Gasteiger charge is -2.23. The van der Waals surface area contributed by atoms with E-state index in [1.165, 1.54) is 0 Å². The molecule has 12 heteroatoms. The van der Waals surface area contributed by atoms with Crippen molar-refractivity contribution in [3.63, 3.8) is 0 Å². The molecule has 0 aromatic carbocycles. The quantitative estimate of drug-likeness (QED) is 0.310. The third kappa shape index (κ3) is 3.47. The predicted molar refractivity (Wildman–Crippen MR) is 67.8 cm³/mol. The van der Waals surface area contributed by atoms with E-state index in [0.29, 0.717) is 4.73 Å². The van der Waals surface area contributed by atoms with Crippen LogP contribution >= 0.6 is 0 Å². The first kappa shape index (κ1) is 17.3. The minimum absolute atomic E-state index is 0.301. The van der Waals surface area contributed by atoms with E-state index in [-0.39, 0.29) is 0 Å². The van der Waals surface area contributed by atoms with Crippen LogP contribution in [0.4, 0.5) is 0 Å². The number of carbonyl (C=O) groups excluding carboxylic acids is 1. The van der Waals surface area contributed by atoms with Gasteiger partial charge in [0.15, 0.2) is 12.4 Å². The highest BCUT2D eigenvalue weighted by Crippen LogP contribution is 2.23. The van der Waals surface area contributed by atoms with Crippen molar-refractivity contribution in [2.45, 2.75) is 36.8 Å². The van der Waals surface area contributed by atoms with Crippen molar-refractivity contribution in [3.8, 4) is 0 Å². The lowest BCUT2D eigenvalue weighted by atomic mass is 10.0. The van der Waals surface area contributed by atoms with Gasteiger partial charge in [0.25, 0.3) is 5.56 Å². The summed E-state index contributed by atoms with van der Waals surface area (Å²) in [5, 5.41) is 47.5. The van der Waals surface area contributed by atoms with Crippen molar-refractivity contribution in [3.05, 3.63) is 33.1 Å². The van der Waals surface area contributed by atoms with Crippen molar-refractivity contribution in [1.29, 1.82) is 0 Å². The number of hydrogen-bond acceptors (Lipinski definition) is 10. The second-order valence-corrected chi connectivity index (χ2v) is 4.75. The zero-order valence-electron chi connectivity index (χ0n) is 11.3. The van der Waals surface area contributed by atoms with Gasteiger partial charge in [0, 0.05) is 6.07 Å². The number of H-pyrrole nitrogens is 1. The topological polar surface area (TPSA) is 192 Å². The van der Waals surface area contributed by atoms with E-state index in [1.807, 2.05) is 0 Å². The number of hydrogen-bond donors (Lipinski definition) is 6. The molecule has 1 fully saturated rings. The Balaban J connectivity index is 2.07. The van der Waals surface area contributed by atoms with Gasteiger partial charge in [0.2, 0.25) is 0 Å². The zero-order chi connectivity index (χ0) is 17.3. The zero-order valence-corrected chi connectivity index (χ0v) is 11.3. The SMILES string of the molecule is O=C(On1ccc(=O)[nH]c1=O)C(O)C(O)C1O[C@@H](O)C(O)C1O. The Morgan fingerprint density at radius 3 is 2.43 bits per heavy atom. The standard InChI is InChI=1S/C11H14N2O10/c14-3-1-2-13(11(21)12-3)23-10(20)7(18)5(16)8-4(15)6(17)9(19)22-8/h1-2,4-9,15-19H,(H,12,14,21)/t4?,5?,6?,7?,8?,9-/m1/s1. The number of aromatic nitrogens is 2. The van der Waals surface area contributed by atoms with E-state index >= 15 is 0 Å². The summed E-state index contributed by atoms with van der Waals surface area (Å²) in [5.74, 6) is -1.50. The third-order valence-electron chi connectivity index (χ3n) is 3.16. The number of aliphatic hydroxyl groups is 5. The number of rotatable bonds is 4. The monoisotopic (exact) mass is 334 g/mol. The molecule has 0 aliphatic carbocycles. The molecular weight excluding hydrogens is 320 g/mol. The van der Waals surface area contributed by atoms with Crippen LogP contribution in [0.2, 0.25) is 0 Å². The lowest BCUT2D eigenvalue weighted by Crippen LogP contribution is -2.50. The molecule has 1 aromatic rings. The third-order valence-corrected chi connectivity index (χ3v) is 3.16. The molecule has 6 atom stereocenters. The molecule has 0 saturated carbocycles. The predicted octanol–water partition coefficient (Wildman–Crippen LogP) is -5.35. The number of nitrogens with one attached hydrogen (secondary N) is 1. The van der Waals surface area contributed by atoms with Gasteiger partial charge in [-0.15, -0.1) is 4.73 Å². The molecule has 128 valence electrons. The van der Waals surface area contributed by atoms with Crippen molar-refractivity contribution in [1.82, 2.24) is 9.71 Å². The fraction of sp³-hybridized carbons (Fsp3) is 0.545. The number of nitrogens with zero attached hydrogens (tertiary/aromatic N) is 1. The largest absolute Gasteiger partial charge is 0.387 e. The van der Waals surface area contributed by atoms with Crippen LogP contribution in [0.15, 0.2) is 21.9 Å². The summed E-state index contributed by atoms with van der Waals surface area (Å²) in [5.41, 5.74) is -1.84. The van der Waals surface area contributed by atoms with Gasteiger partial charge in [-0.1, -0.05) is 0 Å². The fourth-order valence-corrected chi connectivity index (χ4v) is 1.91. The van der Waals surface area contributed by atoms with Crippen molar-refractivity contribution in [2.24, 2.45) is 0 Å². The Hall–Kier alpha value is -2.09. The summed E-state index contributed by atoms with van der Waals surface area (Å²) in [7, 11) is 0. The molecule has 0 bridgehead atoms. The summed E-state index contributed by atoms with van der Waals surface area (Å²) >= 11 is 0. The van der Waals surface area contributed by atoms with Crippen LogP contribution in [0.5, 0.6) is 0 Å². The molecule has 23 heavy (non-hydrogen) atoms. The Bertz CT molecular complexity index is 684. The minimum atomic E-state index is -2.27. The van der Waals surface area contributed by atoms with Gasteiger partial charge in [-0.3, -0.25) is 9.78 Å². The molecule has 0 amide bonds. The van der Waals surface area contributed by atoms with Crippen LogP contribution in [0.25, 0.3) is 0 Å². The molecule has 1 aromatic heterocycles. The molecular formula is C11H14N2O10. The van der Waals surface area contributed by atoms with E-state index in [0.717, 1.165) is 12.3 Å². The summed E-state index contributed by atoms with van der Waals surface area (Å²) in [6, 6.07) is 0.869. The Morgan fingerprint density at radius 2 is 1.91 bits per heavy atom. The molecule has 0 spiro atoms. The number of aromatic amines is 1. The molecule has 5 unspecified atom stereocenters. The van der Waals surface area contributed by atoms with E-state index in [9.17, 15) is 39.9 Å². The number of carbonyl (C=O) groups is 1. The first-order valence-electron chi connectivity index (χ1n) is 6.32. The van der Waals surface area contributed by atoms with Crippen LogP contribution in [0.3, 0.4) is 0 Å². The lowest BCUT2D eigenvalue weighted by molar-refractivity contribution is -0.180. The van der Waals surface area contributed by atoms with Crippen molar-refractivity contribution >= 4 is 5.97 Å². The summed E-state index contributed by atoms with van der Waals surface area (Å²) in [6.45, 7) is 0. The van der Waals surface area contributed by atoms with Crippen LogP contribution in [0.1, 0.15) is 0 Å². The number of aliphatic hydroxyl groups excluding tert-OH is 5. The van der Waals surface area contributed by atoms with Gasteiger partial charge in [0.1, 0.15) is 24.4 Å². The first-order valence-corrected chi connectivity index (χ1v) is 6.32. The Labute approximate surface area is 126 Å². The average Bonchev–Trinajstić information content (AvgIpc) is 2.76. The highest BCUT2D eigenvalue weighted by atomic mass is 16.7. The maximum atomic E-state index is 11.7. The van der Waals surface area contributed by atoms with E-state index in [1.54, 1.807) is 4.98 Å². The Morgan fingerprint density at radius 1 is 1.26 bits per heavy atom. The molecule has 1 saturated heterocycles. The van der Waals surface area contributed by atoms with Gasteiger partial charge in [-0.2, -0.15) is 0 Å². The highest BCUT2D eigenvalue weighted by Gasteiger charge is 2.48. The number of ether oxygens (including phenoxy) is 1. The Kier molecular flexibility index (Phi) is 4.93. The molecule has 6 N–H and O–H groups in total. The van der Waals surface area contributed by atoms with Crippen molar-refractivity contribution < 1.29 is 39.9 Å². The van der Waals surface area contributed by atoms with Gasteiger partial charge < -0.3 is 35.1 Å². The van der Waals surface area contributed by atoms with Crippen molar-refractivity contribution in [2.75, 3.05) is 0 Å². The van der Waals surface area contributed by atoms with Gasteiger partial charge in [-0.05, 0) is 0 Å². The van der Waals surface area contributed by atoms with Crippen LogP contribution < -0.4 is 16.1 Å². The second-order valence-electron chi connectivity index (χ2n) is 4.75. The summed E-state index contributed by atoms with van der Waals surface area (Å²) in [6.07, 6.45) is -10.5.